The van der Waals surface area contributed by atoms with Gasteiger partial charge < -0.3 is 4.74 Å². The average Bonchev–Trinajstić information content (AvgIpc) is 2.54. The minimum Gasteiger partial charge on any atom is -0.378 e. The largest absolute Gasteiger partial charge is 0.378 e. The molecule has 0 bridgehead atoms. The summed E-state index contributed by atoms with van der Waals surface area (Å²) in [7, 11) is 0. The van der Waals surface area contributed by atoms with Crippen LogP contribution in [0.4, 0.5) is 0 Å². The lowest BCUT2D eigenvalue weighted by Crippen LogP contribution is -2.14. The fraction of sp³-hybridized carbons (Fsp3) is 1.00. The van der Waals surface area contributed by atoms with E-state index >= 15 is 0 Å². The summed E-state index contributed by atoms with van der Waals surface area (Å²) in [6, 6.07) is 0. The van der Waals surface area contributed by atoms with Gasteiger partial charge in [0.05, 0.1) is 6.10 Å². The summed E-state index contributed by atoms with van der Waals surface area (Å²) in [5.41, 5.74) is 0. The van der Waals surface area contributed by atoms with Crippen LogP contribution in [0.5, 0.6) is 0 Å². The Morgan fingerprint density at radius 3 is 1.55 bits per heavy atom. The molecule has 0 spiro atoms. The second kappa shape index (κ2) is 19.0. The van der Waals surface area contributed by atoms with E-state index < -0.39 is 0 Å². The van der Waals surface area contributed by atoms with Crippen molar-refractivity contribution in [3.05, 3.63) is 0 Å². The van der Waals surface area contributed by atoms with Crippen molar-refractivity contribution < 1.29 is 4.74 Å². The van der Waals surface area contributed by atoms with Gasteiger partial charge >= 0.3 is 0 Å². The zero-order chi connectivity index (χ0) is 16.3. The van der Waals surface area contributed by atoms with E-state index in [1.807, 2.05) is 0 Å². The number of hydrogen-bond donors (Lipinski definition) is 0. The Kier molecular flexibility index (Phi) is 19.0. The van der Waals surface area contributed by atoms with E-state index in [9.17, 15) is 0 Å². The first-order valence-electron chi connectivity index (χ1n) is 10.5. The van der Waals surface area contributed by atoms with Crippen LogP contribution in [0.1, 0.15) is 124 Å². The Morgan fingerprint density at radius 2 is 0.955 bits per heavy atom. The summed E-state index contributed by atoms with van der Waals surface area (Å²) in [4.78, 5) is 0. The highest BCUT2D eigenvalue weighted by Crippen LogP contribution is 2.16. The summed E-state index contributed by atoms with van der Waals surface area (Å²) < 4.78 is 6.17. The first kappa shape index (κ1) is 22.0. The van der Waals surface area contributed by atoms with Gasteiger partial charge in [-0.2, -0.15) is 0 Å². The van der Waals surface area contributed by atoms with Gasteiger partial charge in [0.1, 0.15) is 0 Å². The van der Waals surface area contributed by atoms with Gasteiger partial charge in [0.2, 0.25) is 0 Å². The quantitative estimate of drug-likeness (QED) is 0.236. The van der Waals surface area contributed by atoms with Crippen LogP contribution in [-0.4, -0.2) is 12.7 Å². The van der Waals surface area contributed by atoms with Gasteiger partial charge in [-0.1, -0.05) is 104 Å². The summed E-state index contributed by atoms with van der Waals surface area (Å²) >= 11 is 0. The molecule has 0 rings (SSSR count). The van der Waals surface area contributed by atoms with E-state index in [-0.39, 0.29) is 0 Å². The molecule has 1 nitrogen and oxygen atoms in total. The highest BCUT2D eigenvalue weighted by Gasteiger charge is 2.08. The SMILES string of the molecule is CCCCCCCCCC(CCCC)OCCCCCCC. The monoisotopic (exact) mass is 312 g/mol. The molecule has 0 radical (unpaired) electrons. The van der Waals surface area contributed by atoms with Gasteiger partial charge in [-0.15, -0.1) is 0 Å². The second-order valence-corrected chi connectivity index (χ2v) is 6.96. The summed E-state index contributed by atoms with van der Waals surface area (Å²) in [5.74, 6) is 0. The predicted octanol–water partition coefficient (Wildman–Crippen LogP) is 7.67. The van der Waals surface area contributed by atoms with Crippen LogP contribution in [0.3, 0.4) is 0 Å². The van der Waals surface area contributed by atoms with Gasteiger partial charge in [0.15, 0.2) is 0 Å². The van der Waals surface area contributed by atoms with Crippen molar-refractivity contribution in [3.8, 4) is 0 Å². The van der Waals surface area contributed by atoms with E-state index in [0.717, 1.165) is 6.61 Å². The molecular weight excluding hydrogens is 268 g/mol. The molecule has 1 heteroatoms. The average molecular weight is 313 g/mol. The molecule has 0 aromatic heterocycles. The van der Waals surface area contributed by atoms with Crippen molar-refractivity contribution in [2.75, 3.05) is 6.61 Å². The Hall–Kier alpha value is -0.0400. The number of hydrogen-bond acceptors (Lipinski definition) is 1. The maximum absolute atomic E-state index is 6.17. The highest BCUT2D eigenvalue weighted by atomic mass is 16.5. The summed E-state index contributed by atoms with van der Waals surface area (Å²) in [5, 5.41) is 0. The molecule has 0 N–H and O–H groups in total. The van der Waals surface area contributed by atoms with Crippen LogP contribution in [-0.2, 0) is 4.74 Å². The van der Waals surface area contributed by atoms with Crippen molar-refractivity contribution in [2.45, 2.75) is 130 Å². The Balaban J connectivity index is 3.56. The fourth-order valence-corrected chi connectivity index (χ4v) is 3.03. The Labute approximate surface area is 141 Å². The lowest BCUT2D eigenvalue weighted by Gasteiger charge is -2.18. The van der Waals surface area contributed by atoms with Crippen LogP contribution in [0.2, 0.25) is 0 Å². The van der Waals surface area contributed by atoms with Crippen LogP contribution in [0, 0.1) is 0 Å². The van der Waals surface area contributed by atoms with Gasteiger partial charge in [0.25, 0.3) is 0 Å². The van der Waals surface area contributed by atoms with Gasteiger partial charge in [-0.3, -0.25) is 0 Å². The zero-order valence-electron chi connectivity index (χ0n) is 16.0. The highest BCUT2D eigenvalue weighted by molar-refractivity contribution is 4.60. The third-order valence-corrected chi connectivity index (χ3v) is 4.61. The predicted molar refractivity (Wildman–Crippen MR) is 101 cm³/mol. The minimum absolute atomic E-state index is 0.543. The van der Waals surface area contributed by atoms with Gasteiger partial charge in [-0.25, -0.2) is 0 Å². The number of ether oxygens (including phenoxy) is 1. The minimum atomic E-state index is 0.543. The number of rotatable bonds is 18. The van der Waals surface area contributed by atoms with Crippen molar-refractivity contribution in [1.82, 2.24) is 0 Å². The molecular formula is C21H44O. The lowest BCUT2D eigenvalue weighted by molar-refractivity contribution is 0.0360. The van der Waals surface area contributed by atoms with Crippen molar-refractivity contribution in [3.63, 3.8) is 0 Å². The van der Waals surface area contributed by atoms with E-state index in [0.29, 0.717) is 6.10 Å². The molecule has 0 aliphatic rings. The van der Waals surface area contributed by atoms with E-state index in [2.05, 4.69) is 20.8 Å². The standard InChI is InChI=1S/C21H44O/c1-4-7-10-12-13-14-16-19-21(18-9-6-3)22-20-17-15-11-8-5-2/h21H,4-20H2,1-3H3. The molecule has 0 fully saturated rings. The molecule has 0 aliphatic heterocycles. The molecule has 22 heavy (non-hydrogen) atoms. The molecule has 0 aromatic carbocycles. The van der Waals surface area contributed by atoms with Crippen molar-refractivity contribution in [1.29, 1.82) is 0 Å². The maximum atomic E-state index is 6.17. The molecule has 0 saturated carbocycles. The molecule has 0 amide bonds. The zero-order valence-corrected chi connectivity index (χ0v) is 16.0. The smallest absolute Gasteiger partial charge is 0.0575 e. The first-order chi connectivity index (χ1) is 10.8. The van der Waals surface area contributed by atoms with E-state index in [1.54, 1.807) is 0 Å². The molecule has 1 atom stereocenters. The fourth-order valence-electron chi connectivity index (χ4n) is 3.03. The molecule has 1 unspecified atom stereocenters. The van der Waals surface area contributed by atoms with Crippen molar-refractivity contribution in [2.24, 2.45) is 0 Å². The van der Waals surface area contributed by atoms with E-state index in [4.69, 9.17) is 4.74 Å². The molecule has 0 saturated heterocycles. The molecule has 134 valence electrons. The van der Waals surface area contributed by atoms with E-state index in [1.165, 1.54) is 103 Å². The second-order valence-electron chi connectivity index (χ2n) is 6.96. The third-order valence-electron chi connectivity index (χ3n) is 4.61. The normalized spacial score (nSPS) is 12.7. The first-order valence-corrected chi connectivity index (χ1v) is 10.5. The van der Waals surface area contributed by atoms with Crippen molar-refractivity contribution >= 4 is 0 Å². The Morgan fingerprint density at radius 1 is 0.500 bits per heavy atom. The van der Waals surface area contributed by atoms with Crippen LogP contribution < -0.4 is 0 Å². The van der Waals surface area contributed by atoms with Gasteiger partial charge in [-0.05, 0) is 19.3 Å². The topological polar surface area (TPSA) is 9.23 Å². The van der Waals surface area contributed by atoms with Crippen LogP contribution in [0.25, 0.3) is 0 Å². The van der Waals surface area contributed by atoms with Crippen LogP contribution >= 0.6 is 0 Å². The third kappa shape index (κ3) is 16.3. The Bertz CT molecular complexity index is 190. The summed E-state index contributed by atoms with van der Waals surface area (Å²) in [6.07, 6.45) is 22.3. The maximum Gasteiger partial charge on any atom is 0.0575 e. The molecule has 0 heterocycles. The summed E-state index contributed by atoms with van der Waals surface area (Å²) in [6.45, 7) is 7.85. The van der Waals surface area contributed by atoms with Gasteiger partial charge in [0, 0.05) is 6.61 Å². The molecule has 0 aliphatic carbocycles. The molecule has 0 aromatic rings. The lowest BCUT2D eigenvalue weighted by atomic mass is 10.0. The number of unbranched alkanes of at least 4 members (excludes halogenated alkanes) is 11. The van der Waals surface area contributed by atoms with Crippen LogP contribution in [0.15, 0.2) is 0 Å².